The number of methoxy groups -OCH3 is 1. The fraction of sp³-hybridized carbons (Fsp3) is 0.667. The number of hydrogen-bond donors (Lipinski definition) is 1. The van der Waals surface area contributed by atoms with Gasteiger partial charge in [0, 0.05) is 11.3 Å². The summed E-state index contributed by atoms with van der Waals surface area (Å²) < 4.78 is 5.42. The van der Waals surface area contributed by atoms with Crippen LogP contribution in [0, 0.1) is 23.2 Å². The monoisotopic (exact) mass is 390 g/mol. The summed E-state index contributed by atoms with van der Waals surface area (Å²) >= 11 is 0. The number of rotatable bonds is 1. The Balaban J connectivity index is 0.00000146. The molecule has 0 aliphatic heterocycles. The van der Waals surface area contributed by atoms with Gasteiger partial charge in [-0.25, -0.2) is 0 Å². The Bertz CT molecular complexity index is 662. The third-order valence-electron chi connectivity index (χ3n) is 8.39. The van der Waals surface area contributed by atoms with Crippen LogP contribution in [0.1, 0.15) is 62.5 Å². The number of halogens is 1. The standard InChI is InChI=1S/C21H27O2.BrH/c1-19-8-7-17-16-5-4-15(23-2)13-14(16)3-6-18(17)20(19)9-11-21(19,22)12-10-20;/h4-5,9,13,17-18,22H,3,6-8,10-12H2,1-2H3;1H/q+1;/p-1/t17-,18-,19+,20+,21+;/m1./s1. The Kier molecular flexibility index (Phi) is 3.61. The molecule has 3 saturated carbocycles. The number of aliphatic hydroxyl groups is 1. The summed E-state index contributed by atoms with van der Waals surface area (Å²) in [5.74, 6) is 2.39. The third kappa shape index (κ3) is 1.73. The maximum absolute atomic E-state index is 11.2. The molecule has 130 valence electrons. The van der Waals surface area contributed by atoms with Gasteiger partial charge in [0.1, 0.15) is 23.2 Å². The van der Waals surface area contributed by atoms with Gasteiger partial charge < -0.3 is 26.8 Å². The highest BCUT2D eigenvalue weighted by Gasteiger charge is 2.79. The van der Waals surface area contributed by atoms with Gasteiger partial charge in [-0.2, -0.15) is 0 Å². The maximum atomic E-state index is 11.2. The molecule has 0 saturated heterocycles. The Morgan fingerprint density at radius 2 is 2.04 bits per heavy atom. The molecule has 0 amide bonds. The summed E-state index contributed by atoms with van der Waals surface area (Å²) in [5.41, 5.74) is 3.04. The van der Waals surface area contributed by atoms with E-state index in [-0.39, 0.29) is 27.8 Å². The Morgan fingerprint density at radius 1 is 1.21 bits per heavy atom. The van der Waals surface area contributed by atoms with Crippen molar-refractivity contribution in [2.45, 2.75) is 63.4 Å². The van der Waals surface area contributed by atoms with Gasteiger partial charge in [0.15, 0.2) is 0 Å². The van der Waals surface area contributed by atoms with E-state index in [1.807, 2.05) is 0 Å². The van der Waals surface area contributed by atoms with Gasteiger partial charge in [-0.05, 0) is 67.7 Å². The molecule has 2 nitrogen and oxygen atoms in total. The van der Waals surface area contributed by atoms with Gasteiger partial charge >= 0.3 is 0 Å². The van der Waals surface area contributed by atoms with Crippen LogP contribution in [-0.2, 0) is 6.42 Å². The largest absolute Gasteiger partial charge is 1.00 e. The zero-order chi connectivity index (χ0) is 15.9. The first-order chi connectivity index (χ1) is 11.0. The number of benzene rings is 1. The quantitative estimate of drug-likeness (QED) is 0.731. The van der Waals surface area contributed by atoms with Crippen molar-refractivity contribution < 1.29 is 26.8 Å². The molecule has 3 heteroatoms. The number of fused-ring (bicyclic) bond motifs is 3. The van der Waals surface area contributed by atoms with E-state index in [2.05, 4.69) is 31.5 Å². The maximum Gasteiger partial charge on any atom is 0.120 e. The van der Waals surface area contributed by atoms with E-state index in [0.717, 1.165) is 30.9 Å². The number of hydrogen-bond acceptors (Lipinski definition) is 2. The lowest BCUT2D eigenvalue weighted by Gasteiger charge is -2.52. The second-order valence-electron chi connectivity index (χ2n) is 8.67. The number of ether oxygens (including phenoxy) is 1. The van der Waals surface area contributed by atoms with Crippen molar-refractivity contribution in [1.29, 1.82) is 0 Å². The van der Waals surface area contributed by atoms with Crippen molar-refractivity contribution in [3.63, 3.8) is 0 Å². The fourth-order valence-corrected chi connectivity index (χ4v) is 7.05. The molecule has 0 spiro atoms. The molecule has 5 atom stereocenters. The van der Waals surface area contributed by atoms with Crippen molar-refractivity contribution >= 4 is 0 Å². The van der Waals surface area contributed by atoms with E-state index < -0.39 is 5.60 Å². The van der Waals surface area contributed by atoms with E-state index in [0.29, 0.717) is 5.92 Å². The van der Waals surface area contributed by atoms with Gasteiger partial charge in [-0.1, -0.05) is 13.0 Å². The highest BCUT2D eigenvalue weighted by atomic mass is 79.9. The second-order valence-corrected chi connectivity index (χ2v) is 8.67. The molecular formula is C21H27BrO2. The molecule has 1 N–H and O–H groups in total. The molecule has 3 fully saturated rings. The Morgan fingerprint density at radius 3 is 2.75 bits per heavy atom. The highest BCUT2D eigenvalue weighted by Crippen LogP contribution is 2.77. The summed E-state index contributed by atoms with van der Waals surface area (Å²) in [6.45, 7) is 2.39. The summed E-state index contributed by atoms with van der Waals surface area (Å²) in [6, 6.07) is 6.71. The van der Waals surface area contributed by atoms with Gasteiger partial charge in [0.05, 0.1) is 13.5 Å². The fourth-order valence-electron chi connectivity index (χ4n) is 7.05. The first kappa shape index (κ1) is 16.8. The predicted octanol–water partition coefficient (Wildman–Crippen LogP) is 1.26. The Labute approximate surface area is 155 Å². The smallest absolute Gasteiger partial charge is 0.120 e. The Hall–Kier alpha value is -0.670. The second kappa shape index (κ2) is 5.17. The molecule has 0 aromatic heterocycles. The van der Waals surface area contributed by atoms with E-state index >= 15 is 0 Å². The molecule has 1 aromatic rings. The average molecular weight is 391 g/mol. The first-order valence-corrected chi connectivity index (χ1v) is 9.27. The van der Waals surface area contributed by atoms with Gasteiger partial charge in [0.25, 0.3) is 0 Å². The van der Waals surface area contributed by atoms with Crippen LogP contribution in [0.3, 0.4) is 0 Å². The van der Waals surface area contributed by atoms with Crippen molar-refractivity contribution in [1.82, 2.24) is 0 Å². The molecule has 0 radical (unpaired) electrons. The van der Waals surface area contributed by atoms with E-state index in [4.69, 9.17) is 4.74 Å². The highest BCUT2D eigenvalue weighted by molar-refractivity contribution is 5.43. The van der Waals surface area contributed by atoms with E-state index in [1.54, 1.807) is 12.7 Å². The summed E-state index contributed by atoms with van der Waals surface area (Å²) in [5, 5.41) is 11.2. The molecule has 2 bridgehead atoms. The van der Waals surface area contributed by atoms with Crippen molar-refractivity contribution in [2.24, 2.45) is 16.7 Å². The lowest BCUT2D eigenvalue weighted by molar-refractivity contribution is -0.0966. The van der Waals surface area contributed by atoms with Crippen LogP contribution < -0.4 is 21.7 Å². The molecular weight excluding hydrogens is 364 g/mol. The van der Waals surface area contributed by atoms with Crippen LogP contribution in [0.2, 0.25) is 0 Å². The van der Waals surface area contributed by atoms with Crippen molar-refractivity contribution in [2.75, 3.05) is 7.11 Å². The minimum absolute atomic E-state index is 0. The van der Waals surface area contributed by atoms with Crippen LogP contribution >= 0.6 is 0 Å². The number of aryl methyl sites for hydroxylation is 1. The van der Waals surface area contributed by atoms with Crippen LogP contribution in [0.4, 0.5) is 0 Å². The van der Waals surface area contributed by atoms with Gasteiger partial charge in [-0.15, -0.1) is 0 Å². The molecule has 4 aliphatic carbocycles. The van der Waals surface area contributed by atoms with Crippen molar-refractivity contribution in [3.8, 4) is 5.75 Å². The summed E-state index contributed by atoms with van der Waals surface area (Å²) in [4.78, 5) is 0. The average Bonchev–Trinajstić information content (AvgIpc) is 2.95. The molecule has 0 heterocycles. The molecule has 0 unspecified atom stereocenters. The minimum atomic E-state index is -0.418. The van der Waals surface area contributed by atoms with Gasteiger partial charge in [-0.3, -0.25) is 0 Å². The van der Waals surface area contributed by atoms with Crippen molar-refractivity contribution in [3.05, 3.63) is 35.7 Å². The molecule has 4 aliphatic rings. The zero-order valence-corrected chi connectivity index (χ0v) is 16.2. The van der Waals surface area contributed by atoms with Crippen LogP contribution in [0.5, 0.6) is 5.75 Å². The van der Waals surface area contributed by atoms with Gasteiger partial charge in [0.2, 0.25) is 0 Å². The van der Waals surface area contributed by atoms with Crippen LogP contribution in [0.15, 0.2) is 18.2 Å². The minimum Gasteiger partial charge on any atom is -1.00 e. The first-order valence-electron chi connectivity index (χ1n) is 9.27. The SMILES string of the molecule is COc1ccc2c(c1)CC[C@@H]1[C@@H]2CC[C@]2(C)[C@]3(O)C[CH+][C@]12CC3.[Br-]. The third-order valence-corrected chi connectivity index (χ3v) is 8.39. The summed E-state index contributed by atoms with van der Waals surface area (Å²) in [7, 11) is 1.76. The molecule has 1 aromatic carbocycles. The lowest BCUT2D eigenvalue weighted by atomic mass is 9.48. The summed E-state index contributed by atoms with van der Waals surface area (Å²) in [6.07, 6.45) is 10.5. The normalized spacial score (nSPS) is 44.6. The lowest BCUT2D eigenvalue weighted by Crippen LogP contribution is -3.00. The van der Waals surface area contributed by atoms with E-state index in [1.165, 1.54) is 31.2 Å². The van der Waals surface area contributed by atoms with E-state index in [9.17, 15) is 5.11 Å². The topological polar surface area (TPSA) is 29.5 Å². The molecule has 24 heavy (non-hydrogen) atoms. The van der Waals surface area contributed by atoms with Crippen LogP contribution in [0.25, 0.3) is 0 Å². The molecule has 5 rings (SSSR count). The predicted molar refractivity (Wildman–Crippen MR) is 90.4 cm³/mol. The van der Waals surface area contributed by atoms with Crippen LogP contribution in [-0.4, -0.2) is 17.8 Å². The zero-order valence-electron chi connectivity index (χ0n) is 14.6.